The Morgan fingerprint density at radius 1 is 0.479 bits per heavy atom. The molecule has 0 fully saturated rings. The van der Waals surface area contributed by atoms with Gasteiger partial charge in [0.05, 0.1) is 11.0 Å². The lowest BCUT2D eigenvalue weighted by atomic mass is 9.99. The quantitative estimate of drug-likeness (QED) is 0.128. The number of fused-ring (bicyclic) bond motifs is 10. The minimum atomic E-state index is 0.584. The molecule has 336 valence electrons. The molecule has 0 amide bonds. The van der Waals surface area contributed by atoms with Crippen LogP contribution in [0.4, 0.5) is 0 Å². The van der Waals surface area contributed by atoms with Crippen molar-refractivity contribution < 1.29 is 13.3 Å². The molecule has 0 aliphatic carbocycles. The second-order valence-corrected chi connectivity index (χ2v) is 17.7. The molecule has 0 unspecified atom stereocenters. The third-order valence-corrected chi connectivity index (χ3v) is 13.7. The highest BCUT2D eigenvalue weighted by atomic mass is 16.3. The van der Waals surface area contributed by atoms with Gasteiger partial charge in [-0.3, -0.25) is 0 Å². The van der Waals surface area contributed by atoms with Crippen LogP contribution in [0.25, 0.3) is 151 Å². The molecule has 0 N–H and O–H groups in total. The van der Waals surface area contributed by atoms with Crippen LogP contribution in [0.3, 0.4) is 0 Å². The molecule has 8 aromatic carbocycles. The lowest BCUT2D eigenvalue weighted by Gasteiger charge is -2.09. The Labute approximate surface area is 408 Å². The summed E-state index contributed by atoms with van der Waals surface area (Å²) in [6, 6.07) is 59.1. The molecule has 71 heavy (non-hydrogen) atoms. The van der Waals surface area contributed by atoms with Gasteiger partial charge < -0.3 is 17.8 Å². The predicted molar refractivity (Wildman–Crippen MR) is 296 cm³/mol. The van der Waals surface area contributed by atoms with Gasteiger partial charge in [-0.05, 0) is 83.8 Å². The van der Waals surface area contributed by atoms with Gasteiger partial charge in [-0.15, -0.1) is 0 Å². The molecular formula is C65H43N3O3. The molecule has 0 aliphatic heterocycles. The number of aromatic nitrogens is 3. The molecule has 0 bridgehead atoms. The largest absolute Gasteiger partial charge is 0.455 e. The van der Waals surface area contributed by atoms with Gasteiger partial charge in [0.2, 0.25) is 0 Å². The van der Waals surface area contributed by atoms with Gasteiger partial charge in [-0.1, -0.05) is 171 Å². The summed E-state index contributed by atoms with van der Waals surface area (Å²) in [6.07, 6.45) is 11.6. The van der Waals surface area contributed by atoms with Crippen molar-refractivity contribution in [2.24, 2.45) is 0 Å². The Morgan fingerprint density at radius 3 is 1.80 bits per heavy atom. The topological polar surface area (TPSA) is 70.1 Å². The van der Waals surface area contributed by atoms with E-state index in [1.165, 1.54) is 5.39 Å². The number of para-hydroxylation sites is 4. The molecule has 0 spiro atoms. The number of rotatable bonds is 10. The van der Waals surface area contributed by atoms with Gasteiger partial charge in [-0.2, -0.15) is 0 Å². The van der Waals surface area contributed by atoms with Crippen LogP contribution in [0.2, 0.25) is 0 Å². The Bertz CT molecular complexity index is 4400. The second kappa shape index (κ2) is 16.6. The maximum Gasteiger partial charge on any atom is 0.180 e. The smallest absolute Gasteiger partial charge is 0.180 e. The van der Waals surface area contributed by atoms with Gasteiger partial charge in [0.25, 0.3) is 0 Å². The fourth-order valence-electron chi connectivity index (χ4n) is 10.3. The van der Waals surface area contributed by atoms with Crippen molar-refractivity contribution in [3.63, 3.8) is 0 Å². The average molecular weight is 914 g/mol. The molecule has 0 atom stereocenters. The highest BCUT2D eigenvalue weighted by Gasteiger charge is 2.22. The fourth-order valence-corrected chi connectivity index (χ4v) is 10.3. The Kier molecular flexibility index (Phi) is 9.75. The van der Waals surface area contributed by atoms with Crippen LogP contribution in [0.15, 0.2) is 227 Å². The molecule has 13 aromatic rings. The van der Waals surface area contributed by atoms with Crippen LogP contribution < -0.4 is 0 Å². The summed E-state index contributed by atoms with van der Waals surface area (Å²) in [6.45, 7) is 14.2. The van der Waals surface area contributed by atoms with Crippen LogP contribution >= 0.6 is 0 Å². The first-order valence-corrected chi connectivity index (χ1v) is 23.7. The zero-order chi connectivity index (χ0) is 47.7. The van der Waals surface area contributed by atoms with E-state index in [1.807, 2.05) is 55.5 Å². The highest BCUT2D eigenvalue weighted by molar-refractivity contribution is 6.13. The second-order valence-electron chi connectivity index (χ2n) is 17.7. The minimum absolute atomic E-state index is 0.584. The van der Waals surface area contributed by atoms with E-state index in [0.717, 1.165) is 122 Å². The molecule has 6 heteroatoms. The van der Waals surface area contributed by atoms with Crippen molar-refractivity contribution >= 4 is 94.6 Å². The van der Waals surface area contributed by atoms with Crippen LogP contribution in [0.1, 0.15) is 18.2 Å². The maximum atomic E-state index is 6.79. The van der Waals surface area contributed by atoms with Crippen LogP contribution in [-0.2, 0) is 0 Å². The normalized spacial score (nSPS) is 12.2. The van der Waals surface area contributed by atoms with E-state index < -0.39 is 0 Å². The molecular weight excluding hydrogens is 871 g/mol. The van der Waals surface area contributed by atoms with E-state index >= 15 is 0 Å². The molecule has 0 aliphatic rings. The highest BCUT2D eigenvalue weighted by Crippen LogP contribution is 2.42. The molecule has 5 aromatic heterocycles. The molecule has 0 radical (unpaired) electrons. The lowest BCUT2D eigenvalue weighted by Crippen LogP contribution is -1.94. The molecule has 0 saturated carbocycles. The Morgan fingerprint density at radius 2 is 1.07 bits per heavy atom. The standard InChI is InChI=1S/C65H43N3O3/c1-5-9-16-45(6-2)68-55-23-12-10-17-49(55)53-37-43(33-35-56(53)68)44-34-36-59-54(38-44)61-64(71-59)60(41-29-25-39(26-30-41)48-20-15-22-52-50-18-11-13-24-58(50)70-63(48)52)66-65(67-61)42-31-27-40(28-32-42)47-19-14-21-51-46(7-3)57(8-4)69-62(47)51/h5-38H,2-4H2,1H3/b9-5-,45-16+. The summed E-state index contributed by atoms with van der Waals surface area (Å²) < 4.78 is 21.8. The SMILES string of the molecule is C=C/C(=C\C=C/C)n1c2ccccc2c2cc(-c3ccc4oc5c(-c6ccc(-c7cccc8c7oc7ccccc78)cc6)nc(-c6ccc(-c7cccc8c(C=C)c(C=C)oc78)cc6)nc5c4c3)ccc21. The monoisotopic (exact) mass is 913 g/mol. The van der Waals surface area contributed by atoms with Gasteiger partial charge >= 0.3 is 0 Å². The zero-order valence-corrected chi connectivity index (χ0v) is 38.8. The predicted octanol–water partition coefficient (Wildman–Crippen LogP) is 18.4. The fraction of sp³-hybridized carbons (Fsp3) is 0.0154. The van der Waals surface area contributed by atoms with Crippen molar-refractivity contribution in [1.29, 1.82) is 0 Å². The van der Waals surface area contributed by atoms with Crippen LogP contribution in [0.5, 0.6) is 0 Å². The molecule has 13 rings (SSSR count). The van der Waals surface area contributed by atoms with Crippen molar-refractivity contribution in [1.82, 2.24) is 14.5 Å². The first-order chi connectivity index (χ1) is 35.0. The van der Waals surface area contributed by atoms with Gasteiger partial charge in [0.15, 0.2) is 11.4 Å². The summed E-state index contributed by atoms with van der Waals surface area (Å²) in [7, 11) is 0. The van der Waals surface area contributed by atoms with E-state index in [-0.39, 0.29) is 0 Å². The van der Waals surface area contributed by atoms with E-state index in [9.17, 15) is 0 Å². The first kappa shape index (κ1) is 41.7. The number of hydrogen-bond acceptors (Lipinski definition) is 5. The summed E-state index contributed by atoms with van der Waals surface area (Å²) >= 11 is 0. The first-order valence-electron chi connectivity index (χ1n) is 23.7. The van der Waals surface area contributed by atoms with Crippen molar-refractivity contribution in [3.05, 3.63) is 225 Å². The number of nitrogens with zero attached hydrogens (tertiary/aromatic N) is 3. The third-order valence-electron chi connectivity index (χ3n) is 13.7. The van der Waals surface area contributed by atoms with E-state index in [2.05, 4.69) is 176 Å². The summed E-state index contributed by atoms with van der Waals surface area (Å²) in [5.41, 5.74) is 17.4. The van der Waals surface area contributed by atoms with Gasteiger partial charge in [-0.25, -0.2) is 9.97 Å². The summed E-state index contributed by atoms with van der Waals surface area (Å²) in [5.74, 6) is 1.28. The van der Waals surface area contributed by atoms with E-state index in [4.69, 9.17) is 23.2 Å². The van der Waals surface area contributed by atoms with Crippen LogP contribution in [-0.4, -0.2) is 14.5 Å². The number of hydrogen-bond donors (Lipinski definition) is 0. The van der Waals surface area contributed by atoms with Gasteiger partial charge in [0, 0.05) is 65.8 Å². The van der Waals surface area contributed by atoms with E-state index in [0.29, 0.717) is 22.9 Å². The van der Waals surface area contributed by atoms with Crippen molar-refractivity contribution in [2.45, 2.75) is 6.92 Å². The molecule has 6 nitrogen and oxygen atoms in total. The Balaban J connectivity index is 0.960. The van der Waals surface area contributed by atoms with Crippen molar-refractivity contribution in [2.75, 3.05) is 0 Å². The van der Waals surface area contributed by atoms with E-state index in [1.54, 1.807) is 6.08 Å². The number of benzene rings is 8. The summed E-state index contributed by atoms with van der Waals surface area (Å²) in [4.78, 5) is 10.6. The van der Waals surface area contributed by atoms with Gasteiger partial charge in [0.1, 0.15) is 39.3 Å². The minimum Gasteiger partial charge on any atom is -0.455 e. The Hall–Kier alpha value is -9.52. The number of furan rings is 3. The molecule has 0 saturated heterocycles. The zero-order valence-electron chi connectivity index (χ0n) is 38.8. The van der Waals surface area contributed by atoms with Crippen LogP contribution in [0, 0.1) is 0 Å². The molecule has 5 heterocycles. The van der Waals surface area contributed by atoms with Crippen molar-refractivity contribution in [3.8, 4) is 56.0 Å². The lowest BCUT2D eigenvalue weighted by molar-refractivity contribution is 0.604. The number of allylic oxidation sites excluding steroid dienone is 5. The summed E-state index contributed by atoms with van der Waals surface area (Å²) in [5, 5.41) is 6.41. The third kappa shape index (κ3) is 6.64. The average Bonchev–Trinajstić information content (AvgIpc) is 4.19. The maximum absolute atomic E-state index is 6.79.